The lowest BCUT2D eigenvalue weighted by Crippen LogP contribution is -2.40. The lowest BCUT2D eigenvalue weighted by Gasteiger charge is -2.29. The number of nitrogens with zero attached hydrogens (tertiary/aromatic N) is 3. The fourth-order valence-electron chi connectivity index (χ4n) is 5.42. The molecule has 0 spiro atoms. The molecule has 0 radical (unpaired) electrons. The van der Waals surface area contributed by atoms with Gasteiger partial charge in [0.05, 0.1) is 17.2 Å². The van der Waals surface area contributed by atoms with Crippen LogP contribution in [0.4, 0.5) is 0 Å². The first-order valence-electron chi connectivity index (χ1n) is 11.5. The molecule has 2 saturated heterocycles. The first-order chi connectivity index (χ1) is 15.5. The largest absolute Gasteiger partial charge is 0.381 e. The van der Waals surface area contributed by atoms with Crippen molar-refractivity contribution in [3.05, 3.63) is 58.3 Å². The van der Waals surface area contributed by atoms with Crippen molar-refractivity contribution in [2.24, 2.45) is 0 Å². The number of rotatable bonds is 4. The Labute approximate surface area is 187 Å². The topological polar surface area (TPSA) is 79.7 Å². The number of carbonyl (C=O) groups excluding carboxylic acids is 1. The Bertz CT molecular complexity index is 1250. The van der Waals surface area contributed by atoms with Gasteiger partial charge in [-0.2, -0.15) is 0 Å². The number of aromatic amines is 1. The van der Waals surface area contributed by atoms with E-state index in [1.807, 2.05) is 34.4 Å². The van der Waals surface area contributed by atoms with Crippen molar-refractivity contribution in [2.45, 2.75) is 64.0 Å². The first-order valence-corrected chi connectivity index (χ1v) is 11.5. The number of likely N-dealkylation sites (tertiary alicyclic amines) is 1. The molecular weight excluding hydrogens is 404 g/mol. The molecule has 4 heterocycles. The smallest absolute Gasteiger partial charge is 0.274 e. The number of nitrogens with one attached hydrogen (secondary N) is 1. The van der Waals surface area contributed by atoms with E-state index in [-0.39, 0.29) is 29.5 Å². The van der Waals surface area contributed by atoms with Gasteiger partial charge in [0, 0.05) is 36.8 Å². The van der Waals surface area contributed by atoms with Gasteiger partial charge in [0.1, 0.15) is 11.3 Å². The third-order valence-electron chi connectivity index (χ3n) is 7.13. The Balaban J connectivity index is 1.63. The van der Waals surface area contributed by atoms with Crippen molar-refractivity contribution in [3.63, 3.8) is 0 Å². The molecule has 3 aromatic rings. The molecule has 7 heteroatoms. The monoisotopic (exact) mass is 434 g/mol. The van der Waals surface area contributed by atoms with Crippen LogP contribution in [0.15, 0.2) is 35.8 Å². The van der Waals surface area contributed by atoms with Crippen molar-refractivity contribution in [1.29, 1.82) is 0 Å². The summed E-state index contributed by atoms with van der Waals surface area (Å²) in [6.45, 7) is 9.35. The summed E-state index contributed by atoms with van der Waals surface area (Å²) < 4.78 is 7.49. The molecule has 0 unspecified atom stereocenters. The summed E-state index contributed by atoms with van der Waals surface area (Å²) in [5.74, 6) is 1.18. The normalized spacial score (nSPS) is 22.1. The molecule has 0 saturated carbocycles. The maximum Gasteiger partial charge on any atom is 0.274 e. The molecule has 2 fully saturated rings. The number of aryl methyl sites for hydroxylation is 1. The van der Waals surface area contributed by atoms with Gasteiger partial charge in [-0.3, -0.25) is 14.0 Å². The van der Waals surface area contributed by atoms with Crippen LogP contribution in [0.5, 0.6) is 0 Å². The molecule has 7 nitrogen and oxygen atoms in total. The average Bonchev–Trinajstić information content (AvgIpc) is 3.39. The van der Waals surface area contributed by atoms with Gasteiger partial charge in [-0.15, -0.1) is 6.58 Å². The van der Waals surface area contributed by atoms with Gasteiger partial charge >= 0.3 is 0 Å². The maximum atomic E-state index is 13.6. The molecule has 2 aliphatic rings. The van der Waals surface area contributed by atoms with Gasteiger partial charge in [-0.1, -0.05) is 6.08 Å². The van der Waals surface area contributed by atoms with Gasteiger partial charge in [0.25, 0.3) is 11.5 Å². The second-order valence-electron chi connectivity index (χ2n) is 9.18. The molecular formula is C25H30N4O3. The number of benzene rings is 1. The van der Waals surface area contributed by atoms with Gasteiger partial charge in [-0.25, -0.2) is 4.98 Å². The highest BCUT2D eigenvalue weighted by Crippen LogP contribution is 2.31. The van der Waals surface area contributed by atoms with Gasteiger partial charge in [0.2, 0.25) is 0 Å². The van der Waals surface area contributed by atoms with E-state index in [4.69, 9.17) is 4.74 Å². The molecule has 1 aromatic carbocycles. The van der Waals surface area contributed by atoms with Crippen LogP contribution in [-0.2, 0) is 4.74 Å². The van der Waals surface area contributed by atoms with Crippen molar-refractivity contribution < 1.29 is 9.53 Å². The number of fused-ring (bicyclic) bond motifs is 3. The zero-order chi connectivity index (χ0) is 22.4. The van der Waals surface area contributed by atoms with E-state index in [2.05, 4.69) is 23.5 Å². The Morgan fingerprint density at radius 2 is 2.03 bits per heavy atom. The van der Waals surface area contributed by atoms with Crippen molar-refractivity contribution in [1.82, 2.24) is 19.3 Å². The van der Waals surface area contributed by atoms with Crippen LogP contribution in [0.2, 0.25) is 0 Å². The molecule has 2 atom stereocenters. The number of ether oxygens (including phenoxy) is 1. The maximum absolute atomic E-state index is 13.6. The van der Waals surface area contributed by atoms with Gasteiger partial charge in [-0.05, 0) is 63.6 Å². The van der Waals surface area contributed by atoms with Gasteiger partial charge < -0.3 is 14.6 Å². The number of aromatic nitrogens is 3. The molecule has 0 bridgehead atoms. The van der Waals surface area contributed by atoms with E-state index in [9.17, 15) is 9.59 Å². The van der Waals surface area contributed by atoms with E-state index in [0.717, 1.165) is 49.0 Å². The molecule has 1 N–H and O–H groups in total. The van der Waals surface area contributed by atoms with E-state index < -0.39 is 0 Å². The molecule has 2 aliphatic heterocycles. The van der Waals surface area contributed by atoms with Crippen LogP contribution in [-0.4, -0.2) is 50.5 Å². The van der Waals surface area contributed by atoms with E-state index in [1.165, 1.54) is 0 Å². The summed E-state index contributed by atoms with van der Waals surface area (Å²) in [6, 6.07) is 4.23. The molecule has 168 valence electrons. The second kappa shape index (κ2) is 8.20. The quantitative estimate of drug-likeness (QED) is 0.631. The van der Waals surface area contributed by atoms with Crippen LogP contribution < -0.4 is 5.56 Å². The van der Waals surface area contributed by atoms with Gasteiger partial charge in [0.15, 0.2) is 0 Å². The number of hydrogen-bond acceptors (Lipinski definition) is 4. The van der Waals surface area contributed by atoms with E-state index in [0.29, 0.717) is 29.8 Å². The van der Waals surface area contributed by atoms with Crippen molar-refractivity contribution in [2.75, 3.05) is 13.2 Å². The molecule has 5 rings (SSSR count). The standard InChI is InChI=1S/C25H30N4O3/c1-4-5-18-7-6-16(3)28(18)25(31)19-13-20-21(12-15(19)2)29-22(24(30)27-20)14-26-23(29)17-8-10-32-11-9-17/h4,12-14,16-18H,1,5-11H2,2-3H3,(H,27,30)/t16-,18+/m0/s1. The summed E-state index contributed by atoms with van der Waals surface area (Å²) in [4.78, 5) is 36.0. The Kier molecular flexibility index (Phi) is 5.37. The lowest BCUT2D eigenvalue weighted by atomic mass is 9.99. The van der Waals surface area contributed by atoms with Crippen LogP contribution >= 0.6 is 0 Å². The van der Waals surface area contributed by atoms with Crippen LogP contribution in [0.1, 0.15) is 66.7 Å². The highest BCUT2D eigenvalue weighted by atomic mass is 16.5. The van der Waals surface area contributed by atoms with E-state index in [1.54, 1.807) is 6.20 Å². The number of amides is 1. The summed E-state index contributed by atoms with van der Waals surface area (Å²) >= 11 is 0. The van der Waals surface area contributed by atoms with Crippen LogP contribution in [0.25, 0.3) is 16.6 Å². The Hall–Kier alpha value is -2.93. The minimum absolute atomic E-state index is 0.0254. The number of H-pyrrole nitrogens is 1. The fraction of sp³-hybridized carbons (Fsp3) is 0.480. The zero-order valence-corrected chi connectivity index (χ0v) is 18.8. The predicted octanol–water partition coefficient (Wildman–Crippen LogP) is 3.95. The SMILES string of the molecule is C=CC[C@@H]1CC[C@H](C)N1C(=O)c1cc2[nH]c(=O)c3cnc(C4CCOCC4)n3c2cc1C. The molecule has 1 amide bonds. The molecule has 32 heavy (non-hydrogen) atoms. The van der Waals surface area contributed by atoms with Crippen molar-refractivity contribution >= 4 is 22.5 Å². The molecule has 2 aromatic heterocycles. The van der Waals surface area contributed by atoms with Crippen molar-refractivity contribution in [3.8, 4) is 0 Å². The summed E-state index contributed by atoms with van der Waals surface area (Å²) in [5, 5.41) is 0. The van der Waals surface area contributed by atoms with Crippen LogP contribution in [0.3, 0.4) is 0 Å². The number of imidazole rings is 1. The third kappa shape index (κ3) is 3.35. The Morgan fingerprint density at radius 3 is 2.78 bits per heavy atom. The summed E-state index contributed by atoms with van der Waals surface area (Å²) in [6.07, 6.45) is 8.11. The fourth-order valence-corrected chi connectivity index (χ4v) is 5.42. The highest BCUT2D eigenvalue weighted by molar-refractivity contribution is 5.99. The Morgan fingerprint density at radius 1 is 1.25 bits per heavy atom. The van der Waals surface area contributed by atoms with Crippen LogP contribution in [0, 0.1) is 6.92 Å². The highest BCUT2D eigenvalue weighted by Gasteiger charge is 2.34. The number of hydrogen-bond donors (Lipinski definition) is 1. The van der Waals surface area contributed by atoms with E-state index >= 15 is 0 Å². The molecule has 0 aliphatic carbocycles. The summed E-state index contributed by atoms with van der Waals surface area (Å²) in [5.41, 5.74) is 3.43. The minimum atomic E-state index is -0.190. The zero-order valence-electron chi connectivity index (χ0n) is 18.8. The first kappa shape index (κ1) is 20.9. The second-order valence-corrected chi connectivity index (χ2v) is 9.18. The number of carbonyl (C=O) groups is 1. The summed E-state index contributed by atoms with van der Waals surface area (Å²) in [7, 11) is 0. The third-order valence-corrected chi connectivity index (χ3v) is 7.13. The lowest BCUT2D eigenvalue weighted by molar-refractivity contribution is 0.0681. The average molecular weight is 435 g/mol. The predicted molar refractivity (Wildman–Crippen MR) is 124 cm³/mol. The minimum Gasteiger partial charge on any atom is -0.381 e.